The van der Waals surface area contributed by atoms with Gasteiger partial charge in [-0.25, -0.2) is 4.79 Å². The SMILES string of the molecule is CCCC(=O)NCC(=O)Nc1ccc(OCC(=O)O)cc1C. The summed E-state index contributed by atoms with van der Waals surface area (Å²) in [5.41, 5.74) is 1.31. The average molecular weight is 308 g/mol. The molecule has 0 saturated carbocycles. The highest BCUT2D eigenvalue weighted by atomic mass is 16.5. The van der Waals surface area contributed by atoms with Crippen LogP contribution in [0.15, 0.2) is 18.2 Å². The van der Waals surface area contributed by atoms with Gasteiger partial charge in [0.2, 0.25) is 11.8 Å². The molecule has 0 aromatic heterocycles. The second-order valence-corrected chi connectivity index (χ2v) is 4.73. The number of hydrogen-bond donors (Lipinski definition) is 3. The van der Waals surface area contributed by atoms with Gasteiger partial charge in [-0.2, -0.15) is 0 Å². The van der Waals surface area contributed by atoms with Gasteiger partial charge in [-0.05, 0) is 37.1 Å². The van der Waals surface area contributed by atoms with Crippen LogP contribution >= 0.6 is 0 Å². The first-order valence-electron chi connectivity index (χ1n) is 6.94. The number of ether oxygens (including phenoxy) is 1. The lowest BCUT2D eigenvalue weighted by Crippen LogP contribution is -2.32. The first-order valence-corrected chi connectivity index (χ1v) is 6.94. The van der Waals surface area contributed by atoms with Gasteiger partial charge in [0, 0.05) is 12.1 Å². The molecule has 0 aliphatic rings. The predicted octanol–water partition coefficient (Wildman–Crippen LogP) is 1.31. The quantitative estimate of drug-likeness (QED) is 0.671. The molecule has 3 N–H and O–H groups in total. The molecular weight excluding hydrogens is 288 g/mol. The summed E-state index contributed by atoms with van der Waals surface area (Å²) in [6.45, 7) is 3.14. The van der Waals surface area contributed by atoms with Crippen LogP contribution in [0.4, 0.5) is 5.69 Å². The largest absolute Gasteiger partial charge is 0.482 e. The first kappa shape index (κ1) is 17.5. The number of aliphatic carboxylic acids is 1. The van der Waals surface area contributed by atoms with Gasteiger partial charge in [-0.15, -0.1) is 0 Å². The molecule has 0 unspecified atom stereocenters. The Kier molecular flexibility index (Phi) is 6.88. The molecule has 0 fully saturated rings. The molecule has 0 heterocycles. The summed E-state index contributed by atoms with van der Waals surface area (Å²) in [6.07, 6.45) is 1.12. The van der Waals surface area contributed by atoms with E-state index in [9.17, 15) is 14.4 Å². The summed E-state index contributed by atoms with van der Waals surface area (Å²) in [5.74, 6) is -1.13. The highest BCUT2D eigenvalue weighted by Crippen LogP contribution is 2.21. The maximum atomic E-state index is 11.7. The van der Waals surface area contributed by atoms with Gasteiger partial charge < -0.3 is 20.5 Å². The van der Waals surface area contributed by atoms with Crippen molar-refractivity contribution in [3.05, 3.63) is 23.8 Å². The molecule has 2 amide bonds. The maximum Gasteiger partial charge on any atom is 0.341 e. The number of nitrogens with one attached hydrogen (secondary N) is 2. The molecule has 120 valence electrons. The fourth-order valence-electron chi connectivity index (χ4n) is 1.70. The van der Waals surface area contributed by atoms with Crippen molar-refractivity contribution in [2.75, 3.05) is 18.5 Å². The van der Waals surface area contributed by atoms with Crippen molar-refractivity contribution in [1.82, 2.24) is 5.32 Å². The van der Waals surface area contributed by atoms with Crippen LogP contribution in [0.1, 0.15) is 25.3 Å². The molecular formula is C15H20N2O5. The number of aryl methyl sites for hydroxylation is 1. The van der Waals surface area contributed by atoms with E-state index in [1.807, 2.05) is 6.92 Å². The van der Waals surface area contributed by atoms with Crippen LogP contribution in [0.25, 0.3) is 0 Å². The zero-order chi connectivity index (χ0) is 16.5. The van der Waals surface area contributed by atoms with E-state index in [4.69, 9.17) is 9.84 Å². The lowest BCUT2D eigenvalue weighted by molar-refractivity contribution is -0.139. The summed E-state index contributed by atoms with van der Waals surface area (Å²) < 4.78 is 5.04. The van der Waals surface area contributed by atoms with Crippen molar-refractivity contribution in [3.63, 3.8) is 0 Å². The van der Waals surface area contributed by atoms with Crippen molar-refractivity contribution < 1.29 is 24.2 Å². The number of carbonyl (C=O) groups is 3. The van der Waals surface area contributed by atoms with Crippen molar-refractivity contribution >= 4 is 23.5 Å². The Labute approximate surface area is 128 Å². The topological polar surface area (TPSA) is 105 Å². The van der Waals surface area contributed by atoms with Crippen LogP contribution in [-0.4, -0.2) is 36.0 Å². The molecule has 1 aromatic rings. The van der Waals surface area contributed by atoms with E-state index < -0.39 is 12.6 Å². The number of rotatable bonds is 8. The minimum Gasteiger partial charge on any atom is -0.482 e. The summed E-state index contributed by atoms with van der Waals surface area (Å²) in [6, 6.07) is 4.83. The predicted molar refractivity (Wildman–Crippen MR) is 80.9 cm³/mol. The molecule has 0 bridgehead atoms. The van der Waals surface area contributed by atoms with Crippen LogP contribution in [0, 0.1) is 6.92 Å². The lowest BCUT2D eigenvalue weighted by Gasteiger charge is -2.11. The number of benzene rings is 1. The zero-order valence-corrected chi connectivity index (χ0v) is 12.6. The van der Waals surface area contributed by atoms with Gasteiger partial charge in [0.25, 0.3) is 0 Å². The van der Waals surface area contributed by atoms with Gasteiger partial charge in [0.1, 0.15) is 5.75 Å². The number of amides is 2. The van der Waals surface area contributed by atoms with Gasteiger partial charge in [-0.1, -0.05) is 6.92 Å². The zero-order valence-electron chi connectivity index (χ0n) is 12.6. The van der Waals surface area contributed by atoms with Gasteiger partial charge in [0.15, 0.2) is 6.61 Å². The third-order valence-electron chi connectivity index (χ3n) is 2.76. The molecule has 1 aromatic carbocycles. The third-order valence-corrected chi connectivity index (χ3v) is 2.76. The normalized spacial score (nSPS) is 9.91. The summed E-state index contributed by atoms with van der Waals surface area (Å²) in [5, 5.41) is 13.7. The Balaban J connectivity index is 2.53. The number of anilines is 1. The molecule has 0 aliphatic heterocycles. The molecule has 0 atom stereocenters. The Bertz CT molecular complexity index is 557. The number of hydrogen-bond acceptors (Lipinski definition) is 4. The molecule has 22 heavy (non-hydrogen) atoms. The van der Waals surface area contributed by atoms with Gasteiger partial charge >= 0.3 is 5.97 Å². The van der Waals surface area contributed by atoms with Crippen molar-refractivity contribution in [2.45, 2.75) is 26.7 Å². The smallest absolute Gasteiger partial charge is 0.341 e. The van der Waals surface area contributed by atoms with E-state index in [1.54, 1.807) is 25.1 Å². The fraction of sp³-hybridized carbons (Fsp3) is 0.400. The van der Waals surface area contributed by atoms with E-state index in [-0.39, 0.29) is 18.4 Å². The Morgan fingerprint density at radius 3 is 2.55 bits per heavy atom. The second kappa shape index (κ2) is 8.66. The van der Waals surface area contributed by atoms with E-state index in [1.165, 1.54) is 0 Å². The Hall–Kier alpha value is -2.57. The molecule has 0 aliphatic carbocycles. The molecule has 7 nitrogen and oxygen atoms in total. The van der Waals surface area contributed by atoms with Crippen LogP contribution in [-0.2, 0) is 14.4 Å². The lowest BCUT2D eigenvalue weighted by atomic mass is 10.2. The Morgan fingerprint density at radius 2 is 1.95 bits per heavy atom. The van der Waals surface area contributed by atoms with Crippen LogP contribution in [0.3, 0.4) is 0 Å². The highest BCUT2D eigenvalue weighted by molar-refractivity contribution is 5.95. The molecule has 1 rings (SSSR count). The highest BCUT2D eigenvalue weighted by Gasteiger charge is 2.08. The van der Waals surface area contributed by atoms with Crippen LogP contribution in [0.5, 0.6) is 5.75 Å². The van der Waals surface area contributed by atoms with Gasteiger partial charge in [-0.3, -0.25) is 9.59 Å². The van der Waals surface area contributed by atoms with Crippen LogP contribution in [0.2, 0.25) is 0 Å². The van der Waals surface area contributed by atoms with E-state index >= 15 is 0 Å². The monoisotopic (exact) mass is 308 g/mol. The minimum atomic E-state index is -1.06. The van der Waals surface area contributed by atoms with Crippen molar-refractivity contribution in [1.29, 1.82) is 0 Å². The fourth-order valence-corrected chi connectivity index (χ4v) is 1.70. The molecule has 0 radical (unpaired) electrons. The first-order chi connectivity index (χ1) is 10.4. The summed E-state index contributed by atoms with van der Waals surface area (Å²) >= 11 is 0. The number of carboxylic acid groups (broad SMARTS) is 1. The number of carboxylic acids is 1. The summed E-state index contributed by atoms with van der Waals surface area (Å²) in [7, 11) is 0. The third kappa shape index (κ3) is 6.25. The summed E-state index contributed by atoms with van der Waals surface area (Å²) in [4.78, 5) is 33.4. The van der Waals surface area contributed by atoms with E-state index in [0.717, 1.165) is 12.0 Å². The van der Waals surface area contributed by atoms with E-state index in [0.29, 0.717) is 17.9 Å². The standard InChI is InChI=1S/C15H20N2O5/c1-3-4-13(18)16-8-14(19)17-12-6-5-11(7-10(12)2)22-9-15(20)21/h5-7H,3-4,8-9H2,1-2H3,(H,16,18)(H,17,19)(H,20,21). The average Bonchev–Trinajstić information content (AvgIpc) is 2.46. The van der Waals surface area contributed by atoms with Crippen LogP contribution < -0.4 is 15.4 Å². The Morgan fingerprint density at radius 1 is 1.23 bits per heavy atom. The second-order valence-electron chi connectivity index (χ2n) is 4.73. The minimum absolute atomic E-state index is 0.0878. The van der Waals surface area contributed by atoms with Crippen molar-refractivity contribution in [2.24, 2.45) is 0 Å². The van der Waals surface area contributed by atoms with Crippen molar-refractivity contribution in [3.8, 4) is 5.75 Å². The van der Waals surface area contributed by atoms with E-state index in [2.05, 4.69) is 10.6 Å². The molecule has 0 saturated heterocycles. The molecule has 7 heteroatoms. The number of carbonyl (C=O) groups excluding carboxylic acids is 2. The molecule has 0 spiro atoms. The maximum absolute atomic E-state index is 11.7. The van der Waals surface area contributed by atoms with Gasteiger partial charge in [0.05, 0.1) is 6.54 Å².